The van der Waals surface area contributed by atoms with E-state index in [-0.39, 0.29) is 35.6 Å². The minimum atomic E-state index is -1.02. The van der Waals surface area contributed by atoms with Crippen LogP contribution in [0.3, 0.4) is 0 Å². The highest BCUT2D eigenvalue weighted by atomic mass is 19.1. The number of piperidine rings is 1. The quantitative estimate of drug-likeness (QED) is 0.717. The van der Waals surface area contributed by atoms with E-state index in [4.69, 9.17) is 0 Å². The van der Waals surface area contributed by atoms with Gasteiger partial charge in [-0.3, -0.25) is 19.4 Å². The second-order valence-electron chi connectivity index (χ2n) is 7.99. The van der Waals surface area contributed by atoms with Crippen LogP contribution < -0.4 is 21.1 Å². The number of hydrogen-bond acceptors (Lipinski definition) is 5. The number of carbonyl (C=O) groups is 2. The number of fused-ring (bicyclic) bond motifs is 1. The molecule has 1 saturated heterocycles. The molecule has 2 aliphatic heterocycles. The van der Waals surface area contributed by atoms with E-state index in [9.17, 15) is 18.8 Å². The Kier molecular flexibility index (Phi) is 5.27. The van der Waals surface area contributed by atoms with E-state index in [0.717, 1.165) is 19.3 Å². The molecule has 2 aromatic rings. The smallest absolute Gasteiger partial charge is 0.258 e. The van der Waals surface area contributed by atoms with Crippen molar-refractivity contribution in [3.05, 3.63) is 46.0 Å². The molecule has 0 aliphatic carbocycles. The maximum Gasteiger partial charge on any atom is 0.258 e. The summed E-state index contributed by atoms with van der Waals surface area (Å²) in [4.78, 5) is 47.4. The fraction of sp³-hybridized carbons (Fsp3) is 0.429. The number of anilines is 3. The molecule has 2 amide bonds. The van der Waals surface area contributed by atoms with E-state index in [0.29, 0.717) is 5.95 Å². The van der Waals surface area contributed by atoms with E-state index in [1.807, 2.05) is 4.90 Å². The van der Waals surface area contributed by atoms with E-state index < -0.39 is 29.1 Å². The van der Waals surface area contributed by atoms with E-state index in [2.05, 4.69) is 34.4 Å². The highest BCUT2D eigenvalue weighted by Gasteiger charge is 2.36. The monoisotopic (exact) mass is 413 g/mol. The van der Waals surface area contributed by atoms with Gasteiger partial charge in [-0.15, -0.1) is 0 Å². The van der Waals surface area contributed by atoms with Gasteiger partial charge in [-0.05, 0) is 51.3 Å². The molecule has 3 N–H and O–H groups in total. The summed E-state index contributed by atoms with van der Waals surface area (Å²) >= 11 is 0. The normalized spacial score (nSPS) is 23.5. The van der Waals surface area contributed by atoms with E-state index >= 15 is 0 Å². The number of carbonyl (C=O) groups excluding carboxylic acids is 2. The van der Waals surface area contributed by atoms with Gasteiger partial charge in [0.2, 0.25) is 17.8 Å². The summed E-state index contributed by atoms with van der Waals surface area (Å²) in [6, 6.07) is 5.83. The highest BCUT2D eigenvalue weighted by molar-refractivity contribution is 6.04. The summed E-state index contributed by atoms with van der Waals surface area (Å²) in [5.41, 5.74) is -0.0894. The third-order valence-corrected chi connectivity index (χ3v) is 5.79. The lowest BCUT2D eigenvalue weighted by molar-refractivity contribution is -0.123. The molecule has 1 fully saturated rings. The van der Waals surface area contributed by atoms with Gasteiger partial charge in [0.1, 0.15) is 11.6 Å². The van der Waals surface area contributed by atoms with Crippen LogP contribution in [0.5, 0.6) is 0 Å². The standard InChI is InChI=1S/C21H24FN5O3/c1-11-5-3-6-12(2)27(11)21-25-18-17(20(30)26-21)15(10-16(28)24-18)19(29)23-14-8-4-7-13(22)9-14/h4,7-9,11-12,15H,3,5-6,10H2,1-2H3,(H,23,29)(H2,24,25,26,28,30)/t11-,12-,15-/m1/s1. The zero-order valence-corrected chi connectivity index (χ0v) is 16.9. The van der Waals surface area contributed by atoms with Gasteiger partial charge in [0, 0.05) is 24.2 Å². The number of amides is 2. The van der Waals surface area contributed by atoms with Crippen molar-refractivity contribution in [3.63, 3.8) is 0 Å². The summed E-state index contributed by atoms with van der Waals surface area (Å²) in [5.74, 6) is -1.97. The zero-order valence-electron chi connectivity index (χ0n) is 16.9. The number of aromatic nitrogens is 2. The molecular formula is C21H24FN5O3. The topological polar surface area (TPSA) is 107 Å². The van der Waals surface area contributed by atoms with Gasteiger partial charge >= 0.3 is 0 Å². The SMILES string of the molecule is C[C@@H]1CCC[C@@H](C)N1c1nc2c(c(=O)[nH]1)[C@H](C(=O)Nc1cccc(F)c1)CC(=O)N2. The average molecular weight is 413 g/mol. The summed E-state index contributed by atoms with van der Waals surface area (Å²) in [5, 5.41) is 5.21. The van der Waals surface area contributed by atoms with Crippen molar-refractivity contribution < 1.29 is 14.0 Å². The van der Waals surface area contributed by atoms with Crippen LogP contribution in [0.1, 0.15) is 51.0 Å². The van der Waals surface area contributed by atoms with Crippen molar-refractivity contribution in [1.29, 1.82) is 0 Å². The van der Waals surface area contributed by atoms with E-state index in [1.165, 1.54) is 24.3 Å². The third kappa shape index (κ3) is 3.79. The Morgan fingerprint density at radius 3 is 2.67 bits per heavy atom. The summed E-state index contributed by atoms with van der Waals surface area (Å²) in [6.07, 6.45) is 2.88. The first-order valence-corrected chi connectivity index (χ1v) is 10.1. The van der Waals surface area contributed by atoms with Crippen LogP contribution in [0, 0.1) is 5.82 Å². The molecule has 3 heterocycles. The number of nitrogens with zero attached hydrogens (tertiary/aromatic N) is 2. The van der Waals surface area contributed by atoms with Crippen LogP contribution in [0.15, 0.2) is 29.1 Å². The van der Waals surface area contributed by atoms with Crippen molar-refractivity contribution in [2.45, 2.75) is 57.5 Å². The van der Waals surface area contributed by atoms with Gasteiger partial charge in [-0.2, -0.15) is 4.98 Å². The number of hydrogen-bond donors (Lipinski definition) is 3. The highest BCUT2D eigenvalue weighted by Crippen LogP contribution is 2.32. The zero-order chi connectivity index (χ0) is 21.4. The minimum Gasteiger partial charge on any atom is -0.337 e. The Morgan fingerprint density at radius 1 is 1.23 bits per heavy atom. The molecule has 3 atom stereocenters. The third-order valence-electron chi connectivity index (χ3n) is 5.79. The first-order valence-electron chi connectivity index (χ1n) is 10.1. The van der Waals surface area contributed by atoms with Crippen LogP contribution in [0.4, 0.5) is 21.8 Å². The molecule has 9 heteroatoms. The fourth-order valence-electron chi connectivity index (χ4n) is 4.34. The molecule has 8 nitrogen and oxygen atoms in total. The maximum atomic E-state index is 13.4. The Hall–Kier alpha value is -3.23. The van der Waals surface area contributed by atoms with Crippen molar-refractivity contribution in [2.24, 2.45) is 0 Å². The summed E-state index contributed by atoms with van der Waals surface area (Å²) in [6.45, 7) is 4.14. The molecule has 1 aromatic heterocycles. The number of nitrogens with one attached hydrogen (secondary N) is 3. The lowest BCUT2D eigenvalue weighted by Gasteiger charge is -2.39. The van der Waals surface area contributed by atoms with Gasteiger partial charge in [0.05, 0.1) is 11.5 Å². The van der Waals surface area contributed by atoms with Gasteiger partial charge in [-0.25, -0.2) is 4.39 Å². The summed E-state index contributed by atoms with van der Waals surface area (Å²) < 4.78 is 13.4. The van der Waals surface area contributed by atoms with Crippen LogP contribution >= 0.6 is 0 Å². The second kappa shape index (κ2) is 7.89. The van der Waals surface area contributed by atoms with Crippen LogP contribution in [0.25, 0.3) is 0 Å². The number of H-pyrrole nitrogens is 1. The van der Waals surface area contributed by atoms with Crippen molar-refractivity contribution >= 4 is 29.3 Å². The van der Waals surface area contributed by atoms with Crippen molar-refractivity contribution in [2.75, 3.05) is 15.5 Å². The first kappa shape index (κ1) is 20.1. The molecular weight excluding hydrogens is 389 g/mol. The number of halogens is 1. The van der Waals surface area contributed by atoms with Gasteiger partial charge in [0.25, 0.3) is 5.56 Å². The molecule has 158 valence electrons. The molecule has 4 rings (SSSR count). The predicted molar refractivity (Wildman–Crippen MR) is 111 cm³/mol. The predicted octanol–water partition coefficient (Wildman–Crippen LogP) is 2.74. The average Bonchev–Trinajstić information content (AvgIpc) is 2.67. The first-order chi connectivity index (χ1) is 14.3. The minimum absolute atomic E-state index is 0.106. The van der Waals surface area contributed by atoms with Crippen LogP contribution in [0.2, 0.25) is 0 Å². The molecule has 0 spiro atoms. The molecule has 2 aliphatic rings. The molecule has 1 aromatic carbocycles. The molecule has 0 unspecified atom stereocenters. The van der Waals surface area contributed by atoms with Crippen LogP contribution in [-0.4, -0.2) is 33.9 Å². The summed E-state index contributed by atoms with van der Waals surface area (Å²) in [7, 11) is 0. The number of aromatic amines is 1. The van der Waals surface area contributed by atoms with Crippen molar-refractivity contribution in [1.82, 2.24) is 9.97 Å². The van der Waals surface area contributed by atoms with E-state index in [1.54, 1.807) is 0 Å². The largest absolute Gasteiger partial charge is 0.337 e. The van der Waals surface area contributed by atoms with Gasteiger partial charge in [-0.1, -0.05) is 6.07 Å². The second-order valence-corrected chi connectivity index (χ2v) is 7.99. The maximum absolute atomic E-state index is 13.4. The molecule has 30 heavy (non-hydrogen) atoms. The Balaban J connectivity index is 1.68. The van der Waals surface area contributed by atoms with Gasteiger partial charge in [0.15, 0.2) is 0 Å². The Labute approximate surface area is 172 Å². The van der Waals surface area contributed by atoms with Crippen LogP contribution in [-0.2, 0) is 9.59 Å². The molecule has 0 saturated carbocycles. The van der Waals surface area contributed by atoms with Gasteiger partial charge < -0.3 is 15.5 Å². The number of benzene rings is 1. The number of rotatable bonds is 3. The van der Waals surface area contributed by atoms with Crippen molar-refractivity contribution in [3.8, 4) is 0 Å². The lowest BCUT2D eigenvalue weighted by Crippen LogP contribution is -2.46. The fourth-order valence-corrected chi connectivity index (χ4v) is 4.34. The Bertz CT molecular complexity index is 1040. The molecule has 0 bridgehead atoms. The Morgan fingerprint density at radius 2 is 1.97 bits per heavy atom. The molecule has 0 radical (unpaired) electrons. The lowest BCUT2D eigenvalue weighted by atomic mass is 9.92.